The smallest absolute Gasteiger partial charge is 0.263 e. The number of carbonyl (C=O) groups excluding carboxylic acids is 2. The first-order valence-corrected chi connectivity index (χ1v) is 14.0. The van der Waals surface area contributed by atoms with Crippen molar-refractivity contribution < 1.29 is 14.7 Å². The molecular weight excluding hydrogens is 583 g/mol. The van der Waals surface area contributed by atoms with E-state index in [0.717, 1.165) is 38.4 Å². The number of nitrogens with one attached hydrogen (secondary N) is 1. The highest BCUT2D eigenvalue weighted by Gasteiger charge is 2.47. The van der Waals surface area contributed by atoms with Crippen molar-refractivity contribution in [1.29, 1.82) is 0 Å². The zero-order chi connectivity index (χ0) is 29.9. The number of aromatic nitrogens is 4. The van der Waals surface area contributed by atoms with Gasteiger partial charge in [-0.15, -0.1) is 0 Å². The molecule has 218 valence electrons. The Bertz CT molecular complexity index is 1830. The molecule has 2 saturated heterocycles. The summed E-state index contributed by atoms with van der Waals surface area (Å²) in [4.78, 5) is 51.7. The van der Waals surface area contributed by atoms with Crippen molar-refractivity contribution in [1.82, 2.24) is 24.0 Å². The van der Waals surface area contributed by atoms with Crippen LogP contribution in [-0.2, 0) is 18.4 Å². The molecule has 14 heteroatoms. The Labute approximate surface area is 250 Å². The van der Waals surface area contributed by atoms with Gasteiger partial charge in [-0.25, -0.2) is 9.97 Å². The molecule has 0 saturated carbocycles. The second-order valence-corrected chi connectivity index (χ2v) is 12.0. The zero-order valence-corrected chi connectivity index (χ0v) is 24.4. The van der Waals surface area contributed by atoms with Crippen LogP contribution < -0.4 is 21.5 Å². The van der Waals surface area contributed by atoms with Gasteiger partial charge in [0, 0.05) is 49.9 Å². The number of carbonyl (C=O) groups is 2. The van der Waals surface area contributed by atoms with Gasteiger partial charge in [0.15, 0.2) is 0 Å². The number of anilines is 2. The van der Waals surface area contributed by atoms with Crippen LogP contribution >= 0.6 is 23.2 Å². The molecule has 0 radical (unpaired) electrons. The number of aromatic hydroxyl groups is 1. The van der Waals surface area contributed by atoms with E-state index >= 15 is 0 Å². The van der Waals surface area contributed by atoms with Crippen molar-refractivity contribution in [3.05, 3.63) is 62.9 Å². The molecule has 12 nitrogen and oxygen atoms in total. The van der Waals surface area contributed by atoms with Crippen LogP contribution in [-0.4, -0.2) is 74.1 Å². The second-order valence-electron chi connectivity index (χ2n) is 11.2. The van der Waals surface area contributed by atoms with E-state index in [1.54, 1.807) is 19.3 Å². The number of amides is 2. The average molecular weight is 611 g/mol. The number of pyridine rings is 1. The minimum atomic E-state index is -0.886. The van der Waals surface area contributed by atoms with Gasteiger partial charge in [0.2, 0.25) is 5.91 Å². The number of nitrogens with zero attached hydrogens (tertiary/aromatic N) is 6. The summed E-state index contributed by atoms with van der Waals surface area (Å²) in [6.07, 6.45) is 5.61. The Balaban J connectivity index is 1.29. The lowest BCUT2D eigenvalue weighted by molar-refractivity contribution is -0.116. The van der Waals surface area contributed by atoms with Crippen molar-refractivity contribution in [2.75, 3.05) is 43.4 Å². The molecule has 3 aromatic heterocycles. The zero-order valence-electron chi connectivity index (χ0n) is 22.9. The molecule has 2 aliphatic heterocycles. The Kier molecular flexibility index (Phi) is 6.87. The molecule has 2 fully saturated rings. The van der Waals surface area contributed by atoms with E-state index in [4.69, 9.17) is 28.9 Å². The lowest BCUT2D eigenvalue weighted by Crippen LogP contribution is -2.57. The van der Waals surface area contributed by atoms with E-state index in [1.807, 2.05) is 0 Å². The summed E-state index contributed by atoms with van der Waals surface area (Å²) < 4.78 is 2.83. The quantitative estimate of drug-likeness (QED) is 0.301. The third-order valence-corrected chi connectivity index (χ3v) is 8.60. The van der Waals surface area contributed by atoms with Crippen LogP contribution in [0, 0.1) is 5.41 Å². The number of rotatable bonds is 6. The van der Waals surface area contributed by atoms with Gasteiger partial charge in [-0.05, 0) is 37.7 Å². The number of hydrogen-bond acceptors (Lipinski definition) is 8. The van der Waals surface area contributed by atoms with Crippen molar-refractivity contribution in [3.63, 3.8) is 0 Å². The van der Waals surface area contributed by atoms with Gasteiger partial charge in [0.25, 0.3) is 11.5 Å². The standard InChI is InChI=1S/C28H28Cl2N8O4/c1-35-4-3-28(11-35)12-38(13-28)21-7-20(19(30)8-32-21)34-22(39)10-37-9-17(23-26(37)33-14-36(2)27(23)42)15-5-16(25(31)41)24(40)18(29)6-15/h5-9,14,40H,3-4,10-13H2,1-2H3,(H2,31,41)(H,32,34,39). The maximum Gasteiger partial charge on any atom is 0.263 e. The normalized spacial score (nSPS) is 16.2. The first kappa shape index (κ1) is 28.0. The number of phenols is 1. The number of halogens is 2. The fourth-order valence-electron chi connectivity index (χ4n) is 5.93. The van der Waals surface area contributed by atoms with E-state index in [0.29, 0.717) is 21.8 Å². The van der Waals surface area contributed by atoms with Gasteiger partial charge in [0.1, 0.15) is 23.8 Å². The molecule has 0 atom stereocenters. The van der Waals surface area contributed by atoms with Crippen LogP contribution in [0.15, 0.2) is 41.7 Å². The monoisotopic (exact) mass is 610 g/mol. The van der Waals surface area contributed by atoms with Crippen molar-refractivity contribution in [2.45, 2.75) is 13.0 Å². The molecule has 42 heavy (non-hydrogen) atoms. The van der Waals surface area contributed by atoms with Crippen LogP contribution in [0.2, 0.25) is 10.0 Å². The highest BCUT2D eigenvalue weighted by molar-refractivity contribution is 6.34. The third-order valence-electron chi connectivity index (χ3n) is 8.01. The molecule has 6 rings (SSSR count). The first-order chi connectivity index (χ1) is 19.9. The average Bonchev–Trinajstić information content (AvgIpc) is 3.49. The number of benzene rings is 1. The minimum Gasteiger partial charge on any atom is -0.506 e. The van der Waals surface area contributed by atoms with Gasteiger partial charge >= 0.3 is 0 Å². The topological polar surface area (TPSA) is 152 Å². The molecule has 2 amide bonds. The molecule has 1 spiro atoms. The van der Waals surface area contributed by atoms with Gasteiger partial charge in [-0.3, -0.25) is 14.4 Å². The van der Waals surface area contributed by atoms with Crippen molar-refractivity contribution in [3.8, 4) is 16.9 Å². The Morgan fingerprint density at radius 2 is 1.88 bits per heavy atom. The van der Waals surface area contributed by atoms with Gasteiger partial charge in [0.05, 0.1) is 39.2 Å². The number of likely N-dealkylation sites (tertiary alicyclic amines) is 1. The van der Waals surface area contributed by atoms with Gasteiger partial charge < -0.3 is 35.1 Å². The number of fused-ring (bicyclic) bond motifs is 1. The molecule has 1 aromatic carbocycles. The van der Waals surface area contributed by atoms with Crippen molar-refractivity contribution in [2.24, 2.45) is 18.2 Å². The van der Waals surface area contributed by atoms with Crippen LogP contribution in [0.4, 0.5) is 11.5 Å². The van der Waals surface area contributed by atoms with Gasteiger partial charge in [-0.2, -0.15) is 0 Å². The van der Waals surface area contributed by atoms with E-state index in [1.165, 1.54) is 33.8 Å². The van der Waals surface area contributed by atoms with Crippen LogP contribution in [0.25, 0.3) is 22.2 Å². The molecule has 2 aliphatic rings. The molecule has 5 heterocycles. The summed E-state index contributed by atoms with van der Waals surface area (Å²) in [5, 5.41) is 13.4. The summed E-state index contributed by atoms with van der Waals surface area (Å²) >= 11 is 12.6. The van der Waals surface area contributed by atoms with E-state index in [9.17, 15) is 19.5 Å². The highest BCUT2D eigenvalue weighted by Crippen LogP contribution is 2.42. The highest BCUT2D eigenvalue weighted by atomic mass is 35.5. The predicted molar refractivity (Wildman–Crippen MR) is 160 cm³/mol. The summed E-state index contributed by atoms with van der Waals surface area (Å²) in [5.41, 5.74) is 6.52. The predicted octanol–water partition coefficient (Wildman–Crippen LogP) is 2.69. The fourth-order valence-corrected chi connectivity index (χ4v) is 6.30. The summed E-state index contributed by atoms with van der Waals surface area (Å²) in [5.74, 6) is -1.01. The molecule has 4 aromatic rings. The van der Waals surface area contributed by atoms with E-state index < -0.39 is 17.6 Å². The Hall–Kier alpha value is -4.13. The Morgan fingerprint density at radius 3 is 2.57 bits per heavy atom. The molecule has 0 aliphatic carbocycles. The maximum atomic E-state index is 13.3. The molecule has 4 N–H and O–H groups in total. The fraction of sp³-hybridized carbons (Fsp3) is 0.321. The maximum absolute atomic E-state index is 13.3. The third kappa shape index (κ3) is 4.85. The minimum absolute atomic E-state index is 0.114. The number of nitrogens with two attached hydrogens (primary N) is 1. The largest absolute Gasteiger partial charge is 0.506 e. The molecule has 0 unspecified atom stereocenters. The summed E-state index contributed by atoms with van der Waals surface area (Å²) in [6, 6.07) is 4.52. The first-order valence-electron chi connectivity index (χ1n) is 13.2. The van der Waals surface area contributed by atoms with Crippen LogP contribution in [0.1, 0.15) is 16.8 Å². The van der Waals surface area contributed by atoms with Crippen LogP contribution in [0.3, 0.4) is 0 Å². The van der Waals surface area contributed by atoms with Gasteiger partial charge in [-0.1, -0.05) is 23.2 Å². The summed E-state index contributed by atoms with van der Waals surface area (Å²) in [7, 11) is 3.68. The van der Waals surface area contributed by atoms with E-state index in [-0.39, 0.29) is 39.1 Å². The lowest BCUT2D eigenvalue weighted by Gasteiger charge is -2.48. The van der Waals surface area contributed by atoms with Crippen LogP contribution in [0.5, 0.6) is 5.75 Å². The summed E-state index contributed by atoms with van der Waals surface area (Å²) in [6.45, 7) is 3.75. The molecular formula is C28H28Cl2N8O4. The second kappa shape index (κ2) is 10.3. The number of primary amides is 1. The Morgan fingerprint density at radius 1 is 1.12 bits per heavy atom. The van der Waals surface area contributed by atoms with Crippen molar-refractivity contribution >= 4 is 57.6 Å². The number of hydrogen-bond donors (Lipinski definition) is 3. The molecule has 0 bridgehead atoms. The van der Waals surface area contributed by atoms with E-state index in [2.05, 4.69) is 32.1 Å². The lowest BCUT2D eigenvalue weighted by atomic mass is 9.79. The number of aryl methyl sites for hydroxylation is 1. The SMILES string of the molecule is CN1CCC2(C1)CN(c1cc(NC(=O)Cn3cc(-c4cc(Cl)c(O)c(C(N)=O)c4)c4c(=O)n(C)cnc43)c(Cl)cn1)C2.